The average molecular weight is 250 g/mol. The first-order chi connectivity index (χ1) is 9.24. The Bertz CT molecular complexity index is 889. The molecular formula is C16H10O3. The van der Waals surface area contributed by atoms with Gasteiger partial charge in [0.15, 0.2) is 0 Å². The van der Waals surface area contributed by atoms with Crippen molar-refractivity contribution in [1.29, 1.82) is 0 Å². The fraction of sp³-hybridized carbons (Fsp3) is 0. The molecule has 2 N–H and O–H groups in total. The van der Waals surface area contributed by atoms with Crippen LogP contribution in [0.4, 0.5) is 0 Å². The summed E-state index contributed by atoms with van der Waals surface area (Å²) >= 11 is 0. The molecule has 0 spiro atoms. The Labute approximate surface area is 108 Å². The Morgan fingerprint density at radius 3 is 2.63 bits per heavy atom. The van der Waals surface area contributed by atoms with Crippen molar-refractivity contribution >= 4 is 21.7 Å². The number of hydrogen-bond donors (Lipinski definition) is 2. The van der Waals surface area contributed by atoms with E-state index in [-0.39, 0.29) is 11.5 Å². The standard InChI is InChI=1S/C16H10O3/c17-10-4-5-12-13(6-10)15(18)7-14-11-3-1-2-9(11)8-19-16(12)14/h1-8,17-18H. The number of phenolic OH excluding ortho intramolecular Hbond substituents is 2. The van der Waals surface area contributed by atoms with Gasteiger partial charge in [0.05, 0.1) is 6.26 Å². The van der Waals surface area contributed by atoms with Gasteiger partial charge in [0.25, 0.3) is 0 Å². The zero-order chi connectivity index (χ0) is 13.0. The van der Waals surface area contributed by atoms with Gasteiger partial charge in [0.2, 0.25) is 0 Å². The average Bonchev–Trinajstić information content (AvgIpc) is 2.88. The molecule has 0 unspecified atom stereocenters. The van der Waals surface area contributed by atoms with Crippen molar-refractivity contribution in [2.45, 2.75) is 0 Å². The highest BCUT2D eigenvalue weighted by atomic mass is 16.3. The maximum Gasteiger partial charge on any atom is 0.142 e. The van der Waals surface area contributed by atoms with E-state index in [1.54, 1.807) is 24.5 Å². The molecule has 1 heterocycles. The molecule has 0 fully saturated rings. The lowest BCUT2D eigenvalue weighted by Crippen LogP contribution is -1.83. The fourth-order valence-electron chi connectivity index (χ4n) is 2.60. The molecule has 0 bridgehead atoms. The molecule has 0 saturated carbocycles. The highest BCUT2D eigenvalue weighted by Crippen LogP contribution is 2.40. The smallest absolute Gasteiger partial charge is 0.142 e. The van der Waals surface area contributed by atoms with Crippen LogP contribution in [0, 0.1) is 0 Å². The van der Waals surface area contributed by atoms with Gasteiger partial charge >= 0.3 is 0 Å². The second kappa shape index (κ2) is 3.42. The molecule has 0 aromatic heterocycles. The molecule has 4 rings (SSSR count). The first-order valence-electron chi connectivity index (χ1n) is 5.99. The van der Waals surface area contributed by atoms with Crippen LogP contribution >= 0.6 is 0 Å². The molecule has 19 heavy (non-hydrogen) atoms. The van der Waals surface area contributed by atoms with Crippen molar-refractivity contribution in [3.8, 4) is 22.6 Å². The van der Waals surface area contributed by atoms with E-state index in [0.29, 0.717) is 11.0 Å². The Balaban J connectivity index is 2.29. The van der Waals surface area contributed by atoms with Gasteiger partial charge in [-0.25, -0.2) is 0 Å². The molecule has 0 amide bonds. The lowest BCUT2D eigenvalue weighted by Gasteiger charge is -2.09. The van der Waals surface area contributed by atoms with Crippen molar-refractivity contribution in [3.05, 3.63) is 48.7 Å². The second-order valence-corrected chi connectivity index (χ2v) is 4.63. The van der Waals surface area contributed by atoms with E-state index in [4.69, 9.17) is 4.42 Å². The highest BCUT2D eigenvalue weighted by molar-refractivity contribution is 6.11. The zero-order valence-electron chi connectivity index (χ0n) is 9.92. The van der Waals surface area contributed by atoms with Gasteiger partial charge in [-0.1, -0.05) is 18.2 Å². The monoisotopic (exact) mass is 250 g/mol. The lowest BCUT2D eigenvalue weighted by atomic mass is 10.0. The number of phenols is 2. The maximum absolute atomic E-state index is 10.1. The zero-order valence-corrected chi connectivity index (χ0v) is 9.92. The van der Waals surface area contributed by atoms with Crippen LogP contribution in [0.25, 0.3) is 32.9 Å². The molecule has 2 aromatic rings. The van der Waals surface area contributed by atoms with Gasteiger partial charge in [-0.3, -0.25) is 0 Å². The van der Waals surface area contributed by atoms with Gasteiger partial charge in [-0.2, -0.15) is 0 Å². The van der Waals surface area contributed by atoms with Crippen LogP contribution in [0.15, 0.2) is 53.1 Å². The minimum Gasteiger partial charge on any atom is -0.508 e. The van der Waals surface area contributed by atoms with Crippen LogP contribution in [0.5, 0.6) is 11.5 Å². The van der Waals surface area contributed by atoms with Crippen molar-refractivity contribution in [2.75, 3.05) is 0 Å². The Hall–Kier alpha value is -2.68. The third-order valence-electron chi connectivity index (χ3n) is 3.49. The van der Waals surface area contributed by atoms with Crippen LogP contribution in [0.1, 0.15) is 0 Å². The summed E-state index contributed by atoms with van der Waals surface area (Å²) in [6, 6.07) is 12.5. The van der Waals surface area contributed by atoms with Gasteiger partial charge < -0.3 is 14.6 Å². The van der Waals surface area contributed by atoms with Crippen LogP contribution in [-0.2, 0) is 0 Å². The maximum atomic E-state index is 10.1. The van der Waals surface area contributed by atoms with E-state index >= 15 is 0 Å². The summed E-state index contributed by atoms with van der Waals surface area (Å²) in [4.78, 5) is 0. The van der Waals surface area contributed by atoms with Crippen molar-refractivity contribution in [1.82, 2.24) is 0 Å². The summed E-state index contributed by atoms with van der Waals surface area (Å²) in [7, 11) is 0. The quantitative estimate of drug-likeness (QED) is 0.462. The number of benzene rings is 2. The van der Waals surface area contributed by atoms with Crippen molar-refractivity contribution in [2.24, 2.45) is 0 Å². The summed E-state index contributed by atoms with van der Waals surface area (Å²) in [6.45, 7) is 0. The molecule has 2 aromatic carbocycles. The molecule has 1 aliphatic carbocycles. The highest BCUT2D eigenvalue weighted by Gasteiger charge is 2.14. The van der Waals surface area contributed by atoms with Crippen LogP contribution in [0.3, 0.4) is 0 Å². The van der Waals surface area contributed by atoms with Crippen LogP contribution < -0.4 is 0 Å². The van der Waals surface area contributed by atoms with Crippen molar-refractivity contribution < 1.29 is 14.6 Å². The Morgan fingerprint density at radius 1 is 0.842 bits per heavy atom. The van der Waals surface area contributed by atoms with Gasteiger partial charge in [-0.15, -0.1) is 0 Å². The second-order valence-electron chi connectivity index (χ2n) is 4.63. The minimum atomic E-state index is 0.122. The molecule has 1 aliphatic heterocycles. The van der Waals surface area contributed by atoms with E-state index in [9.17, 15) is 10.2 Å². The summed E-state index contributed by atoms with van der Waals surface area (Å²) in [5, 5.41) is 21.9. The number of fused-ring (bicyclic) bond motifs is 5. The summed E-state index contributed by atoms with van der Waals surface area (Å²) in [5.41, 5.74) is 2.77. The molecule has 2 aliphatic rings. The number of rotatable bonds is 0. The normalized spacial score (nSPS) is 11.6. The predicted molar refractivity (Wildman–Crippen MR) is 73.7 cm³/mol. The predicted octanol–water partition coefficient (Wildman–Crippen LogP) is 4.10. The number of aromatic hydroxyl groups is 2. The van der Waals surface area contributed by atoms with E-state index in [2.05, 4.69) is 0 Å². The summed E-state index contributed by atoms with van der Waals surface area (Å²) in [6.07, 6.45) is 1.71. The third kappa shape index (κ3) is 1.32. The summed E-state index contributed by atoms with van der Waals surface area (Å²) < 4.78 is 5.70. The molecule has 3 heteroatoms. The molecule has 0 atom stereocenters. The molecule has 3 nitrogen and oxygen atoms in total. The van der Waals surface area contributed by atoms with Crippen LogP contribution in [-0.4, -0.2) is 10.2 Å². The molecule has 0 saturated heterocycles. The summed E-state index contributed by atoms with van der Waals surface area (Å²) in [5.74, 6) is 0.263. The van der Waals surface area contributed by atoms with Gasteiger partial charge in [-0.05, 0) is 29.8 Å². The SMILES string of the molecule is Oc1ccc2c(c1)c(O)cc1c3cccc-3coc12. The largest absolute Gasteiger partial charge is 0.508 e. The van der Waals surface area contributed by atoms with Crippen LogP contribution in [0.2, 0.25) is 0 Å². The minimum absolute atomic E-state index is 0.122. The van der Waals surface area contributed by atoms with E-state index in [1.165, 1.54) is 6.07 Å². The first kappa shape index (κ1) is 10.3. The molecule has 0 radical (unpaired) electrons. The topological polar surface area (TPSA) is 53.6 Å². The Kier molecular flexibility index (Phi) is 1.85. The van der Waals surface area contributed by atoms with E-state index in [1.807, 2.05) is 18.2 Å². The van der Waals surface area contributed by atoms with Crippen molar-refractivity contribution in [3.63, 3.8) is 0 Å². The third-order valence-corrected chi connectivity index (χ3v) is 3.49. The number of hydrogen-bond acceptors (Lipinski definition) is 3. The molecular weight excluding hydrogens is 240 g/mol. The lowest BCUT2D eigenvalue weighted by molar-refractivity contribution is 0.472. The van der Waals surface area contributed by atoms with E-state index < -0.39 is 0 Å². The first-order valence-corrected chi connectivity index (χ1v) is 5.99. The molecule has 92 valence electrons. The fourth-order valence-corrected chi connectivity index (χ4v) is 2.60. The Morgan fingerprint density at radius 2 is 1.74 bits per heavy atom. The van der Waals surface area contributed by atoms with Gasteiger partial charge in [0.1, 0.15) is 17.1 Å². The van der Waals surface area contributed by atoms with E-state index in [0.717, 1.165) is 21.9 Å². The van der Waals surface area contributed by atoms with Gasteiger partial charge in [0, 0.05) is 21.7 Å².